The molecule has 0 saturated heterocycles. The SMILES string of the molecule is CC(C)c1nc(Oc2cnn(C(C)C)c2)cc(=O)[nH]1. The lowest BCUT2D eigenvalue weighted by Crippen LogP contribution is -2.11. The Labute approximate surface area is 111 Å². The molecule has 0 fully saturated rings. The Kier molecular flexibility index (Phi) is 3.69. The maximum Gasteiger partial charge on any atom is 0.254 e. The number of hydrogen-bond donors (Lipinski definition) is 1. The van der Waals surface area contributed by atoms with Gasteiger partial charge in [0.15, 0.2) is 5.75 Å². The quantitative estimate of drug-likeness (QED) is 0.918. The molecule has 0 spiro atoms. The lowest BCUT2D eigenvalue weighted by Gasteiger charge is -2.07. The second kappa shape index (κ2) is 5.26. The first-order valence-corrected chi connectivity index (χ1v) is 6.29. The van der Waals surface area contributed by atoms with E-state index in [1.807, 2.05) is 27.7 Å². The summed E-state index contributed by atoms with van der Waals surface area (Å²) >= 11 is 0. The van der Waals surface area contributed by atoms with Crippen LogP contribution in [-0.4, -0.2) is 19.7 Å². The van der Waals surface area contributed by atoms with Crippen molar-refractivity contribution in [3.63, 3.8) is 0 Å². The van der Waals surface area contributed by atoms with Gasteiger partial charge in [0, 0.05) is 12.0 Å². The van der Waals surface area contributed by atoms with Gasteiger partial charge in [-0.1, -0.05) is 13.8 Å². The first kappa shape index (κ1) is 13.3. The lowest BCUT2D eigenvalue weighted by atomic mass is 10.2. The predicted molar refractivity (Wildman–Crippen MR) is 71.6 cm³/mol. The number of nitrogens with zero attached hydrogens (tertiary/aromatic N) is 3. The number of rotatable bonds is 4. The molecule has 0 amide bonds. The first-order valence-electron chi connectivity index (χ1n) is 6.29. The third-order valence-corrected chi connectivity index (χ3v) is 2.61. The Morgan fingerprint density at radius 3 is 2.63 bits per heavy atom. The highest BCUT2D eigenvalue weighted by molar-refractivity contribution is 5.21. The van der Waals surface area contributed by atoms with Crippen LogP contribution in [0.2, 0.25) is 0 Å². The summed E-state index contributed by atoms with van der Waals surface area (Å²) in [5, 5.41) is 4.17. The van der Waals surface area contributed by atoms with Crippen molar-refractivity contribution in [2.75, 3.05) is 0 Å². The van der Waals surface area contributed by atoms with E-state index in [4.69, 9.17) is 4.74 Å². The van der Waals surface area contributed by atoms with Crippen molar-refractivity contribution in [2.45, 2.75) is 39.7 Å². The van der Waals surface area contributed by atoms with E-state index < -0.39 is 0 Å². The summed E-state index contributed by atoms with van der Waals surface area (Å²) in [7, 11) is 0. The van der Waals surface area contributed by atoms with E-state index in [-0.39, 0.29) is 23.4 Å². The summed E-state index contributed by atoms with van der Waals surface area (Å²) in [5.41, 5.74) is -0.218. The fourth-order valence-corrected chi connectivity index (χ4v) is 1.56. The zero-order valence-electron chi connectivity index (χ0n) is 11.5. The van der Waals surface area contributed by atoms with Crippen molar-refractivity contribution >= 4 is 0 Å². The average molecular weight is 262 g/mol. The Morgan fingerprint density at radius 1 is 1.32 bits per heavy atom. The van der Waals surface area contributed by atoms with Crippen molar-refractivity contribution < 1.29 is 4.74 Å². The topological polar surface area (TPSA) is 72.8 Å². The van der Waals surface area contributed by atoms with Gasteiger partial charge in [-0.3, -0.25) is 9.48 Å². The standard InChI is InChI=1S/C13H18N4O2/c1-8(2)13-15-11(18)5-12(16-13)19-10-6-14-17(7-10)9(3)4/h5-9H,1-4H3,(H,15,16,18). The van der Waals surface area contributed by atoms with Crippen LogP contribution in [0.4, 0.5) is 0 Å². The molecule has 6 heteroatoms. The van der Waals surface area contributed by atoms with E-state index in [2.05, 4.69) is 15.1 Å². The summed E-state index contributed by atoms with van der Waals surface area (Å²) in [6, 6.07) is 1.59. The molecular weight excluding hydrogens is 244 g/mol. The Hall–Kier alpha value is -2.11. The van der Waals surface area contributed by atoms with Crippen molar-refractivity contribution in [3.8, 4) is 11.6 Å². The molecule has 0 bridgehead atoms. The molecule has 2 heterocycles. The molecule has 0 aliphatic rings. The Morgan fingerprint density at radius 2 is 2.05 bits per heavy atom. The second-order valence-electron chi connectivity index (χ2n) is 4.98. The highest BCUT2D eigenvalue weighted by Gasteiger charge is 2.08. The molecule has 1 N–H and O–H groups in total. The molecular formula is C13H18N4O2. The van der Waals surface area contributed by atoms with E-state index in [1.54, 1.807) is 17.1 Å². The van der Waals surface area contributed by atoms with Gasteiger partial charge in [-0.25, -0.2) is 0 Å². The van der Waals surface area contributed by atoms with E-state index >= 15 is 0 Å². The highest BCUT2D eigenvalue weighted by Crippen LogP contribution is 2.20. The molecule has 0 aliphatic carbocycles. The molecule has 0 aliphatic heterocycles. The molecule has 0 radical (unpaired) electrons. The van der Waals surface area contributed by atoms with Crippen LogP contribution in [0.5, 0.6) is 11.6 Å². The summed E-state index contributed by atoms with van der Waals surface area (Å²) in [5.74, 6) is 1.60. The smallest absolute Gasteiger partial charge is 0.254 e. The van der Waals surface area contributed by atoms with Crippen LogP contribution in [0, 0.1) is 0 Å². The van der Waals surface area contributed by atoms with Crippen LogP contribution in [0.3, 0.4) is 0 Å². The van der Waals surface area contributed by atoms with E-state index in [0.717, 1.165) is 0 Å². The van der Waals surface area contributed by atoms with Gasteiger partial charge in [0.2, 0.25) is 5.88 Å². The summed E-state index contributed by atoms with van der Waals surface area (Å²) < 4.78 is 7.35. The summed E-state index contributed by atoms with van der Waals surface area (Å²) in [6.07, 6.45) is 3.39. The summed E-state index contributed by atoms with van der Waals surface area (Å²) in [4.78, 5) is 18.5. The fourth-order valence-electron chi connectivity index (χ4n) is 1.56. The molecule has 0 aromatic carbocycles. The number of nitrogens with one attached hydrogen (secondary N) is 1. The van der Waals surface area contributed by atoms with Gasteiger partial charge >= 0.3 is 0 Å². The van der Waals surface area contributed by atoms with E-state index in [9.17, 15) is 4.79 Å². The normalized spacial score (nSPS) is 11.3. The molecule has 6 nitrogen and oxygen atoms in total. The van der Waals surface area contributed by atoms with Crippen LogP contribution >= 0.6 is 0 Å². The number of ether oxygens (including phenoxy) is 1. The zero-order valence-corrected chi connectivity index (χ0v) is 11.5. The molecule has 2 aromatic rings. The molecule has 0 unspecified atom stereocenters. The maximum atomic E-state index is 11.5. The number of aromatic nitrogens is 4. The minimum absolute atomic E-state index is 0.134. The fraction of sp³-hybridized carbons (Fsp3) is 0.462. The average Bonchev–Trinajstić information content (AvgIpc) is 2.76. The second-order valence-corrected chi connectivity index (χ2v) is 4.98. The number of H-pyrrole nitrogens is 1. The Bertz CT molecular complexity index is 613. The predicted octanol–water partition coefficient (Wildman–Crippen LogP) is 2.46. The largest absolute Gasteiger partial charge is 0.435 e. The van der Waals surface area contributed by atoms with Gasteiger partial charge < -0.3 is 9.72 Å². The third-order valence-electron chi connectivity index (χ3n) is 2.61. The molecule has 2 aromatic heterocycles. The molecule has 0 saturated carbocycles. The lowest BCUT2D eigenvalue weighted by molar-refractivity contribution is 0.452. The van der Waals surface area contributed by atoms with Crippen LogP contribution < -0.4 is 10.3 Å². The van der Waals surface area contributed by atoms with Crippen molar-refractivity contribution in [2.24, 2.45) is 0 Å². The van der Waals surface area contributed by atoms with Gasteiger partial charge in [0.25, 0.3) is 5.56 Å². The van der Waals surface area contributed by atoms with Gasteiger partial charge in [-0.2, -0.15) is 10.1 Å². The molecule has 0 atom stereocenters. The zero-order chi connectivity index (χ0) is 14.0. The molecule has 102 valence electrons. The van der Waals surface area contributed by atoms with Crippen molar-refractivity contribution in [1.82, 2.24) is 19.7 Å². The van der Waals surface area contributed by atoms with Gasteiger partial charge in [-0.05, 0) is 13.8 Å². The molecule has 19 heavy (non-hydrogen) atoms. The van der Waals surface area contributed by atoms with Crippen LogP contribution in [0.25, 0.3) is 0 Å². The summed E-state index contributed by atoms with van der Waals surface area (Å²) in [6.45, 7) is 7.97. The van der Waals surface area contributed by atoms with Crippen LogP contribution in [-0.2, 0) is 0 Å². The Balaban J connectivity index is 2.25. The van der Waals surface area contributed by atoms with E-state index in [1.165, 1.54) is 6.07 Å². The number of hydrogen-bond acceptors (Lipinski definition) is 4. The van der Waals surface area contributed by atoms with Crippen LogP contribution in [0.15, 0.2) is 23.3 Å². The van der Waals surface area contributed by atoms with E-state index in [0.29, 0.717) is 11.6 Å². The highest BCUT2D eigenvalue weighted by atomic mass is 16.5. The number of aromatic amines is 1. The third kappa shape index (κ3) is 3.21. The van der Waals surface area contributed by atoms with Crippen molar-refractivity contribution in [1.29, 1.82) is 0 Å². The first-order chi connectivity index (χ1) is 8.95. The minimum Gasteiger partial charge on any atom is -0.435 e. The maximum absolute atomic E-state index is 11.5. The minimum atomic E-state index is -0.218. The van der Waals surface area contributed by atoms with Gasteiger partial charge in [0.05, 0.1) is 18.5 Å². The molecule has 2 rings (SSSR count). The van der Waals surface area contributed by atoms with Gasteiger partial charge in [0.1, 0.15) is 5.82 Å². The van der Waals surface area contributed by atoms with Crippen molar-refractivity contribution in [3.05, 3.63) is 34.6 Å². The van der Waals surface area contributed by atoms with Gasteiger partial charge in [-0.15, -0.1) is 0 Å². The van der Waals surface area contributed by atoms with Crippen LogP contribution in [0.1, 0.15) is 45.5 Å². The monoisotopic (exact) mass is 262 g/mol.